The molecule has 1 aromatic heterocycles. The lowest BCUT2D eigenvalue weighted by Crippen LogP contribution is -2.44. The van der Waals surface area contributed by atoms with Gasteiger partial charge in [0, 0.05) is 39.3 Å². The van der Waals surface area contributed by atoms with Gasteiger partial charge >= 0.3 is 0 Å². The van der Waals surface area contributed by atoms with Crippen LogP contribution in [0.3, 0.4) is 0 Å². The monoisotopic (exact) mass is 252 g/mol. The number of nitrogens with zero attached hydrogens (tertiary/aromatic N) is 3. The molecule has 1 fully saturated rings. The lowest BCUT2D eigenvalue weighted by molar-refractivity contribution is -0.134. The number of amides is 1. The Kier molecular flexibility index (Phi) is 4.72. The summed E-state index contributed by atoms with van der Waals surface area (Å²) in [6.45, 7) is 3.89. The van der Waals surface area contributed by atoms with Crippen molar-refractivity contribution >= 4 is 5.91 Å². The van der Waals surface area contributed by atoms with Crippen LogP contribution < -0.4 is 5.32 Å². The Morgan fingerprint density at radius 1 is 1.50 bits per heavy atom. The van der Waals surface area contributed by atoms with Gasteiger partial charge in [-0.25, -0.2) is 0 Å². The number of ether oxygens (including phenoxy) is 1. The molecule has 2 rings (SSSR count). The van der Waals surface area contributed by atoms with Gasteiger partial charge in [-0.15, -0.1) is 0 Å². The normalized spacial score (nSPS) is 15.9. The lowest BCUT2D eigenvalue weighted by atomic mass is 10.3. The maximum Gasteiger partial charge on any atom is 0.236 e. The van der Waals surface area contributed by atoms with Crippen molar-refractivity contribution in [2.45, 2.75) is 6.42 Å². The van der Waals surface area contributed by atoms with Crippen LogP contribution >= 0.6 is 0 Å². The average molecular weight is 252 g/mol. The zero-order chi connectivity index (χ0) is 12.8. The minimum Gasteiger partial charge on any atom is -0.378 e. The summed E-state index contributed by atoms with van der Waals surface area (Å²) in [5, 5.41) is 7.44. The third kappa shape index (κ3) is 3.82. The van der Waals surface area contributed by atoms with Crippen LogP contribution in [0.25, 0.3) is 0 Å². The van der Waals surface area contributed by atoms with E-state index in [1.54, 1.807) is 4.68 Å². The number of aryl methyl sites for hydroxylation is 1. The van der Waals surface area contributed by atoms with E-state index < -0.39 is 0 Å². The molecule has 0 saturated carbocycles. The number of aromatic nitrogens is 2. The minimum atomic E-state index is 0.152. The smallest absolute Gasteiger partial charge is 0.236 e. The first-order valence-electron chi connectivity index (χ1n) is 6.30. The van der Waals surface area contributed by atoms with Crippen molar-refractivity contribution in [1.29, 1.82) is 0 Å². The fraction of sp³-hybridized carbons (Fsp3) is 0.667. The maximum absolute atomic E-state index is 11.8. The molecule has 18 heavy (non-hydrogen) atoms. The third-order valence-corrected chi connectivity index (χ3v) is 2.97. The molecule has 6 nitrogen and oxygen atoms in total. The predicted octanol–water partition coefficient (Wildman–Crippen LogP) is -0.589. The zero-order valence-corrected chi connectivity index (χ0v) is 10.8. The number of carbonyl (C=O) groups excluding carboxylic acids is 1. The van der Waals surface area contributed by atoms with Gasteiger partial charge in [0.2, 0.25) is 5.91 Å². The van der Waals surface area contributed by atoms with E-state index in [1.165, 1.54) is 0 Å². The van der Waals surface area contributed by atoms with Crippen molar-refractivity contribution in [2.24, 2.45) is 7.05 Å². The fourth-order valence-corrected chi connectivity index (χ4v) is 1.93. The molecule has 0 aliphatic carbocycles. The molecule has 1 aliphatic rings. The first-order valence-corrected chi connectivity index (χ1v) is 6.30. The molecule has 6 heteroatoms. The second-order valence-electron chi connectivity index (χ2n) is 4.40. The van der Waals surface area contributed by atoms with E-state index in [0.29, 0.717) is 32.8 Å². The molecule has 100 valence electrons. The number of hydrogen-bond acceptors (Lipinski definition) is 4. The number of rotatable bonds is 5. The number of nitrogens with one attached hydrogen (secondary N) is 1. The third-order valence-electron chi connectivity index (χ3n) is 2.97. The molecule has 1 N–H and O–H groups in total. The molecule has 1 saturated heterocycles. The number of carbonyl (C=O) groups is 1. The molecule has 0 aromatic carbocycles. The van der Waals surface area contributed by atoms with Crippen molar-refractivity contribution in [1.82, 2.24) is 20.0 Å². The highest BCUT2D eigenvalue weighted by Crippen LogP contribution is 1.97. The van der Waals surface area contributed by atoms with Gasteiger partial charge in [-0.1, -0.05) is 0 Å². The largest absolute Gasteiger partial charge is 0.378 e. The number of hydrogen-bond donors (Lipinski definition) is 1. The first kappa shape index (κ1) is 13.0. The molecule has 0 spiro atoms. The summed E-state index contributed by atoms with van der Waals surface area (Å²) in [4.78, 5) is 13.6. The first-order chi connectivity index (χ1) is 8.75. The second-order valence-corrected chi connectivity index (χ2v) is 4.40. The Hall–Kier alpha value is -1.40. The molecular weight excluding hydrogens is 232 g/mol. The highest BCUT2D eigenvalue weighted by atomic mass is 16.5. The Balaban J connectivity index is 1.61. The van der Waals surface area contributed by atoms with Gasteiger partial charge in [0.1, 0.15) is 0 Å². The summed E-state index contributed by atoms with van der Waals surface area (Å²) >= 11 is 0. The maximum atomic E-state index is 11.8. The van der Waals surface area contributed by atoms with E-state index in [9.17, 15) is 4.79 Å². The van der Waals surface area contributed by atoms with Crippen LogP contribution in [0.5, 0.6) is 0 Å². The van der Waals surface area contributed by atoms with E-state index >= 15 is 0 Å². The molecule has 1 amide bonds. The van der Waals surface area contributed by atoms with E-state index in [0.717, 1.165) is 18.7 Å². The summed E-state index contributed by atoms with van der Waals surface area (Å²) < 4.78 is 7.00. The fourth-order valence-electron chi connectivity index (χ4n) is 1.93. The van der Waals surface area contributed by atoms with Gasteiger partial charge in [0.05, 0.1) is 25.5 Å². The molecule has 0 unspecified atom stereocenters. The quantitative estimate of drug-likeness (QED) is 0.712. The van der Waals surface area contributed by atoms with Crippen molar-refractivity contribution in [2.75, 3.05) is 39.4 Å². The predicted molar refractivity (Wildman–Crippen MR) is 67.2 cm³/mol. The molecule has 0 bridgehead atoms. The van der Waals surface area contributed by atoms with E-state index in [1.807, 2.05) is 24.2 Å². The van der Waals surface area contributed by atoms with Crippen LogP contribution in [0.4, 0.5) is 0 Å². The standard InChI is InChI=1S/C12H20N4O2/c1-15-5-3-11(14-15)2-4-13-10-12(17)16-6-8-18-9-7-16/h3,5,13H,2,4,6-10H2,1H3. The van der Waals surface area contributed by atoms with Crippen LogP contribution in [0, 0.1) is 0 Å². The lowest BCUT2D eigenvalue weighted by Gasteiger charge is -2.26. The highest BCUT2D eigenvalue weighted by molar-refractivity contribution is 5.78. The van der Waals surface area contributed by atoms with E-state index in [4.69, 9.17) is 4.74 Å². The van der Waals surface area contributed by atoms with Crippen LogP contribution in [-0.4, -0.2) is 60.0 Å². The highest BCUT2D eigenvalue weighted by Gasteiger charge is 2.15. The van der Waals surface area contributed by atoms with Crippen molar-refractivity contribution in [3.05, 3.63) is 18.0 Å². The molecule has 1 aromatic rings. The van der Waals surface area contributed by atoms with Gasteiger partial charge in [0.25, 0.3) is 0 Å². The second kappa shape index (κ2) is 6.51. The Labute approximate surface area is 107 Å². The Morgan fingerprint density at radius 3 is 2.94 bits per heavy atom. The van der Waals surface area contributed by atoms with Crippen LogP contribution in [0.2, 0.25) is 0 Å². The van der Waals surface area contributed by atoms with Crippen molar-refractivity contribution < 1.29 is 9.53 Å². The average Bonchev–Trinajstić information content (AvgIpc) is 2.81. The topological polar surface area (TPSA) is 59.4 Å². The summed E-state index contributed by atoms with van der Waals surface area (Å²) in [5.74, 6) is 0.152. The van der Waals surface area contributed by atoms with E-state index in [2.05, 4.69) is 10.4 Å². The Bertz CT molecular complexity index is 385. The van der Waals surface area contributed by atoms with E-state index in [-0.39, 0.29) is 5.91 Å². The van der Waals surface area contributed by atoms with Crippen LogP contribution in [0.15, 0.2) is 12.3 Å². The van der Waals surface area contributed by atoms with Gasteiger partial charge in [-0.2, -0.15) is 5.10 Å². The van der Waals surface area contributed by atoms with Crippen molar-refractivity contribution in [3.63, 3.8) is 0 Å². The van der Waals surface area contributed by atoms with Crippen LogP contribution in [-0.2, 0) is 23.0 Å². The van der Waals surface area contributed by atoms with Gasteiger partial charge in [-0.05, 0) is 6.07 Å². The SMILES string of the molecule is Cn1ccc(CCNCC(=O)N2CCOCC2)n1. The molecule has 1 aliphatic heterocycles. The Morgan fingerprint density at radius 2 is 2.28 bits per heavy atom. The molecule has 0 atom stereocenters. The minimum absolute atomic E-state index is 0.152. The van der Waals surface area contributed by atoms with Gasteiger partial charge in [0.15, 0.2) is 0 Å². The zero-order valence-electron chi connectivity index (χ0n) is 10.8. The molecule has 0 radical (unpaired) electrons. The van der Waals surface area contributed by atoms with Crippen molar-refractivity contribution in [3.8, 4) is 0 Å². The van der Waals surface area contributed by atoms with Gasteiger partial charge in [-0.3, -0.25) is 9.48 Å². The summed E-state index contributed by atoms with van der Waals surface area (Å²) in [6.07, 6.45) is 2.77. The summed E-state index contributed by atoms with van der Waals surface area (Å²) in [5.41, 5.74) is 1.05. The number of morpholine rings is 1. The van der Waals surface area contributed by atoms with Gasteiger partial charge < -0.3 is 15.0 Å². The molecular formula is C12H20N4O2. The summed E-state index contributed by atoms with van der Waals surface area (Å²) in [6, 6.07) is 1.99. The van der Waals surface area contributed by atoms with Crippen LogP contribution in [0.1, 0.15) is 5.69 Å². The molecule has 2 heterocycles. The summed E-state index contributed by atoms with van der Waals surface area (Å²) in [7, 11) is 1.90.